The van der Waals surface area contributed by atoms with Gasteiger partial charge in [-0.3, -0.25) is 14.4 Å². The Hall–Kier alpha value is -5.17. The van der Waals surface area contributed by atoms with Crippen molar-refractivity contribution in [2.75, 3.05) is 16.4 Å². The minimum absolute atomic E-state index is 0.0452. The molecule has 1 aromatic heterocycles. The van der Waals surface area contributed by atoms with Crippen molar-refractivity contribution in [1.29, 1.82) is 0 Å². The Kier molecular flexibility index (Phi) is 9.24. The van der Waals surface area contributed by atoms with Gasteiger partial charge in [0.15, 0.2) is 0 Å². The maximum atomic E-state index is 13.4. The molecule has 0 bridgehead atoms. The third-order valence-corrected chi connectivity index (χ3v) is 8.34. The van der Waals surface area contributed by atoms with E-state index >= 15 is 0 Å². The second kappa shape index (κ2) is 13.4. The van der Waals surface area contributed by atoms with Crippen LogP contribution in [-0.2, 0) is 19.6 Å². The van der Waals surface area contributed by atoms with E-state index in [9.17, 15) is 22.8 Å². The molecule has 0 spiro atoms. The lowest BCUT2D eigenvalue weighted by Gasteiger charge is -2.12. The van der Waals surface area contributed by atoms with E-state index in [2.05, 4.69) is 20.9 Å². The van der Waals surface area contributed by atoms with E-state index in [0.717, 1.165) is 21.4 Å². The number of benzene rings is 4. The number of thioether (sulfide) groups is 1. The summed E-state index contributed by atoms with van der Waals surface area (Å²) in [5, 5.41) is 14.3. The van der Waals surface area contributed by atoms with E-state index in [-0.39, 0.29) is 22.3 Å². The molecule has 5 rings (SSSR count). The van der Waals surface area contributed by atoms with Gasteiger partial charge in [0.05, 0.1) is 10.6 Å². The number of amides is 3. The topological polar surface area (TPSA) is 163 Å². The van der Waals surface area contributed by atoms with E-state index in [1.54, 1.807) is 66.9 Å². The molecule has 0 radical (unpaired) electrons. The molecule has 12 heteroatoms. The van der Waals surface area contributed by atoms with E-state index < -0.39 is 21.8 Å². The predicted molar refractivity (Wildman–Crippen MR) is 172 cm³/mol. The molecule has 4 aromatic carbocycles. The molecule has 0 aliphatic rings. The smallest absolute Gasteiger partial charge is 0.272 e. The largest absolute Gasteiger partial charge is 0.361 e. The van der Waals surface area contributed by atoms with Crippen LogP contribution in [-0.4, -0.2) is 36.9 Å². The lowest BCUT2D eigenvalue weighted by atomic mass is 10.1. The minimum Gasteiger partial charge on any atom is -0.361 e. The zero-order valence-electron chi connectivity index (χ0n) is 23.1. The van der Waals surface area contributed by atoms with Gasteiger partial charge in [0, 0.05) is 44.5 Å². The van der Waals surface area contributed by atoms with Gasteiger partial charge in [0.1, 0.15) is 5.70 Å². The number of nitrogens with one attached hydrogen (secondary N) is 4. The summed E-state index contributed by atoms with van der Waals surface area (Å²) in [6.45, 7) is 0. The van der Waals surface area contributed by atoms with Gasteiger partial charge in [-0.1, -0.05) is 36.4 Å². The Morgan fingerprint density at radius 3 is 2.14 bits per heavy atom. The second-order valence-electron chi connectivity index (χ2n) is 9.55. The second-order valence-corrected chi connectivity index (χ2v) is 12.2. The highest BCUT2D eigenvalue weighted by atomic mass is 32.2. The molecule has 3 amide bonds. The van der Waals surface area contributed by atoms with E-state index in [4.69, 9.17) is 5.14 Å². The Balaban J connectivity index is 1.24. The molecule has 10 nitrogen and oxygen atoms in total. The van der Waals surface area contributed by atoms with Crippen LogP contribution in [0.5, 0.6) is 0 Å². The number of para-hydroxylation sites is 1. The summed E-state index contributed by atoms with van der Waals surface area (Å²) in [4.78, 5) is 42.6. The number of aromatic amines is 1. The average molecular weight is 626 g/mol. The number of carbonyl (C=O) groups excluding carboxylic acids is 3. The lowest BCUT2D eigenvalue weighted by Crippen LogP contribution is -2.30. The fourth-order valence-corrected chi connectivity index (χ4v) is 5.43. The van der Waals surface area contributed by atoms with Crippen LogP contribution < -0.4 is 21.1 Å². The fourth-order valence-electron chi connectivity index (χ4n) is 4.22. The standard InChI is InChI=1S/C32H27N5O5S2/c33-44(41,42)26-16-12-23(13-17-26)35-30(38)20-43-25-14-10-24(11-15-25)36-32(40)29(37-31(39)21-6-2-1-3-7-21)18-22-19-34-28-9-5-4-8-27(22)28/h1-19,34H,20H2,(H,35,38)(H,36,40)(H,37,39)(H2,33,41,42)/b29-18-. The van der Waals surface area contributed by atoms with Gasteiger partial charge < -0.3 is 20.9 Å². The molecular weight excluding hydrogens is 599 g/mol. The van der Waals surface area contributed by atoms with Gasteiger partial charge in [0.2, 0.25) is 15.9 Å². The number of nitrogens with two attached hydrogens (primary N) is 1. The summed E-state index contributed by atoms with van der Waals surface area (Å²) in [5.74, 6) is -1.10. The zero-order chi connectivity index (χ0) is 31.1. The van der Waals surface area contributed by atoms with Crippen LogP contribution in [0.3, 0.4) is 0 Å². The van der Waals surface area contributed by atoms with Crippen molar-refractivity contribution in [1.82, 2.24) is 10.3 Å². The number of rotatable bonds is 10. The number of hydrogen-bond donors (Lipinski definition) is 5. The Morgan fingerprint density at radius 2 is 1.43 bits per heavy atom. The first-order chi connectivity index (χ1) is 21.2. The molecule has 44 heavy (non-hydrogen) atoms. The number of carbonyl (C=O) groups is 3. The Bertz CT molecular complexity index is 1950. The summed E-state index contributed by atoms with van der Waals surface area (Å²) in [5.41, 5.74) is 3.06. The summed E-state index contributed by atoms with van der Waals surface area (Å²) in [6, 6.07) is 28.8. The average Bonchev–Trinajstić information content (AvgIpc) is 3.43. The normalized spacial score (nSPS) is 11.6. The lowest BCUT2D eigenvalue weighted by molar-refractivity contribution is -0.114. The van der Waals surface area contributed by atoms with Crippen LogP contribution >= 0.6 is 11.8 Å². The van der Waals surface area contributed by atoms with E-state index in [0.29, 0.717) is 16.9 Å². The highest BCUT2D eigenvalue weighted by Gasteiger charge is 2.16. The van der Waals surface area contributed by atoms with Crippen LogP contribution in [0.2, 0.25) is 0 Å². The molecule has 0 fully saturated rings. The molecular formula is C32H27N5O5S2. The first-order valence-corrected chi connectivity index (χ1v) is 15.8. The summed E-state index contributed by atoms with van der Waals surface area (Å²) >= 11 is 1.29. The molecule has 0 aliphatic carbocycles. The van der Waals surface area contributed by atoms with Gasteiger partial charge in [-0.15, -0.1) is 11.8 Å². The number of H-pyrrole nitrogens is 1. The van der Waals surface area contributed by atoms with Crippen molar-refractivity contribution < 1.29 is 22.8 Å². The zero-order valence-corrected chi connectivity index (χ0v) is 24.7. The van der Waals surface area contributed by atoms with Crippen molar-refractivity contribution in [2.45, 2.75) is 9.79 Å². The van der Waals surface area contributed by atoms with Crippen LogP contribution in [0.1, 0.15) is 15.9 Å². The van der Waals surface area contributed by atoms with Crippen LogP contribution in [0, 0.1) is 0 Å². The first-order valence-electron chi connectivity index (χ1n) is 13.3. The Morgan fingerprint density at radius 1 is 0.795 bits per heavy atom. The summed E-state index contributed by atoms with van der Waals surface area (Å²) in [7, 11) is -3.81. The molecule has 1 heterocycles. The van der Waals surface area contributed by atoms with Gasteiger partial charge in [0.25, 0.3) is 11.8 Å². The van der Waals surface area contributed by atoms with Gasteiger partial charge >= 0.3 is 0 Å². The molecule has 0 atom stereocenters. The SMILES string of the molecule is NS(=O)(=O)c1ccc(NC(=O)CSc2ccc(NC(=O)/C(=C/c3c[nH]c4ccccc34)NC(=O)c3ccccc3)cc2)cc1. The maximum Gasteiger partial charge on any atom is 0.272 e. The number of hydrogen-bond acceptors (Lipinski definition) is 6. The molecule has 5 aromatic rings. The van der Waals surface area contributed by atoms with Crippen molar-refractivity contribution in [2.24, 2.45) is 5.14 Å². The van der Waals surface area contributed by atoms with Crippen LogP contribution in [0.15, 0.2) is 125 Å². The quantitative estimate of drug-likeness (QED) is 0.109. The van der Waals surface area contributed by atoms with Gasteiger partial charge in [-0.2, -0.15) is 0 Å². The van der Waals surface area contributed by atoms with E-state index in [1.165, 1.54) is 36.0 Å². The van der Waals surface area contributed by atoms with Gasteiger partial charge in [-0.25, -0.2) is 13.6 Å². The number of anilines is 2. The summed E-state index contributed by atoms with van der Waals surface area (Å²) < 4.78 is 22.8. The predicted octanol–water partition coefficient (Wildman–Crippen LogP) is 4.96. The van der Waals surface area contributed by atoms with Crippen molar-refractivity contribution in [3.63, 3.8) is 0 Å². The minimum atomic E-state index is -3.81. The van der Waals surface area contributed by atoms with Crippen LogP contribution in [0.25, 0.3) is 17.0 Å². The van der Waals surface area contributed by atoms with Crippen molar-refractivity contribution in [3.05, 3.63) is 126 Å². The molecule has 6 N–H and O–H groups in total. The third kappa shape index (κ3) is 7.81. The molecule has 0 aliphatic heterocycles. The number of primary sulfonamides is 1. The molecule has 0 saturated carbocycles. The van der Waals surface area contributed by atoms with Crippen LogP contribution in [0.4, 0.5) is 11.4 Å². The Labute approximate surface area is 257 Å². The highest BCUT2D eigenvalue weighted by molar-refractivity contribution is 8.00. The summed E-state index contributed by atoms with van der Waals surface area (Å²) in [6.07, 6.45) is 3.40. The maximum absolute atomic E-state index is 13.4. The molecule has 0 unspecified atom stereocenters. The van der Waals surface area contributed by atoms with Crippen molar-refractivity contribution >= 4 is 67.9 Å². The highest BCUT2D eigenvalue weighted by Crippen LogP contribution is 2.23. The number of sulfonamides is 1. The third-order valence-electron chi connectivity index (χ3n) is 6.40. The van der Waals surface area contributed by atoms with Crippen molar-refractivity contribution in [3.8, 4) is 0 Å². The number of fused-ring (bicyclic) bond motifs is 1. The van der Waals surface area contributed by atoms with Gasteiger partial charge in [-0.05, 0) is 72.8 Å². The number of aromatic nitrogens is 1. The van der Waals surface area contributed by atoms with E-state index in [1.807, 2.05) is 24.3 Å². The first kappa shape index (κ1) is 30.3. The monoisotopic (exact) mass is 625 g/mol. The molecule has 222 valence electrons. The molecule has 0 saturated heterocycles. The fraction of sp³-hybridized carbons (Fsp3) is 0.0312.